The Hall–Kier alpha value is -2.18. The Balaban J connectivity index is 1.67. The molecule has 10 nitrogen and oxygen atoms in total. The summed E-state index contributed by atoms with van der Waals surface area (Å²) in [4.78, 5) is 12.8. The van der Waals surface area contributed by atoms with Gasteiger partial charge in [-0.25, -0.2) is 14.6 Å². The highest BCUT2D eigenvalue weighted by molar-refractivity contribution is 9.10. The number of anilines is 1. The number of hydrogen-bond donors (Lipinski definition) is 4. The SMILES string of the molecule is OC[C@@H]1O[C@@H](n2nc(Br)c3c(NCc4ccccn4)ncnc32)[C@H](O)[C@@H]1O. The third-order valence-corrected chi connectivity index (χ3v) is 4.92. The number of pyridine rings is 1. The van der Waals surface area contributed by atoms with Crippen LogP contribution in [-0.4, -0.2) is 65.0 Å². The lowest BCUT2D eigenvalue weighted by Gasteiger charge is -2.15. The quantitative estimate of drug-likeness (QED) is 0.441. The maximum absolute atomic E-state index is 10.3. The molecular formula is C16H17BrN6O4. The zero-order valence-corrected chi connectivity index (χ0v) is 15.6. The Bertz CT molecular complexity index is 939. The highest BCUT2D eigenvalue weighted by Gasteiger charge is 2.44. The van der Waals surface area contributed by atoms with E-state index in [1.807, 2.05) is 18.2 Å². The van der Waals surface area contributed by atoms with E-state index in [1.54, 1.807) is 6.20 Å². The first kappa shape index (κ1) is 18.2. The molecule has 0 spiro atoms. The first-order valence-electron chi connectivity index (χ1n) is 8.25. The minimum atomic E-state index is -1.25. The van der Waals surface area contributed by atoms with E-state index in [0.717, 1.165) is 5.69 Å². The fourth-order valence-corrected chi connectivity index (χ4v) is 3.54. The Labute approximate surface area is 162 Å². The van der Waals surface area contributed by atoms with Crippen LogP contribution in [0.4, 0.5) is 5.82 Å². The maximum atomic E-state index is 10.3. The standard InChI is InChI=1S/C16H17BrN6O4/c17-13-10-14(19-5-8-3-1-2-4-18-8)20-7-21-15(10)23(22-13)16-12(26)11(25)9(6-24)27-16/h1-4,7,9,11-12,16,24-26H,5-6H2,(H,19,20,21)/t9-,11+,12+,16+/m0/s1. The molecule has 0 aromatic carbocycles. The molecule has 0 bridgehead atoms. The van der Waals surface area contributed by atoms with E-state index >= 15 is 0 Å². The second-order valence-electron chi connectivity index (χ2n) is 6.06. The van der Waals surface area contributed by atoms with Gasteiger partial charge in [0.15, 0.2) is 11.9 Å². The summed E-state index contributed by atoms with van der Waals surface area (Å²) in [5, 5.41) is 37.7. The highest BCUT2D eigenvalue weighted by atomic mass is 79.9. The summed E-state index contributed by atoms with van der Waals surface area (Å²) in [5.74, 6) is 0.538. The van der Waals surface area contributed by atoms with Gasteiger partial charge in [-0.3, -0.25) is 4.98 Å². The van der Waals surface area contributed by atoms with Gasteiger partial charge in [-0.05, 0) is 28.1 Å². The van der Waals surface area contributed by atoms with Crippen molar-refractivity contribution in [3.05, 3.63) is 41.0 Å². The van der Waals surface area contributed by atoms with Gasteiger partial charge in [-0.2, -0.15) is 5.10 Å². The number of nitrogens with zero attached hydrogens (tertiary/aromatic N) is 5. The van der Waals surface area contributed by atoms with Gasteiger partial charge in [0, 0.05) is 6.20 Å². The summed E-state index contributed by atoms with van der Waals surface area (Å²) in [6.07, 6.45) is -1.27. The summed E-state index contributed by atoms with van der Waals surface area (Å²) >= 11 is 3.39. The second kappa shape index (κ2) is 7.44. The van der Waals surface area contributed by atoms with Crippen molar-refractivity contribution < 1.29 is 20.1 Å². The minimum absolute atomic E-state index is 0.412. The number of rotatable bonds is 5. The van der Waals surface area contributed by atoms with Crippen molar-refractivity contribution in [2.24, 2.45) is 0 Å². The van der Waals surface area contributed by atoms with Gasteiger partial charge in [0.1, 0.15) is 35.1 Å². The number of hydrogen-bond acceptors (Lipinski definition) is 9. The number of aromatic nitrogens is 5. The number of halogens is 1. The van der Waals surface area contributed by atoms with E-state index < -0.39 is 31.1 Å². The molecule has 3 aromatic heterocycles. The van der Waals surface area contributed by atoms with Crippen LogP contribution in [0, 0.1) is 0 Å². The molecule has 3 aromatic rings. The molecule has 4 atom stereocenters. The fraction of sp³-hybridized carbons (Fsp3) is 0.375. The van der Waals surface area contributed by atoms with E-state index in [4.69, 9.17) is 4.74 Å². The predicted octanol–water partition coefficient (Wildman–Crippen LogP) is 0.207. The second-order valence-corrected chi connectivity index (χ2v) is 6.81. The predicted molar refractivity (Wildman–Crippen MR) is 97.6 cm³/mol. The Morgan fingerprint density at radius 1 is 1.19 bits per heavy atom. The van der Waals surface area contributed by atoms with Gasteiger partial charge >= 0.3 is 0 Å². The Kier molecular flexibility index (Phi) is 5.02. The maximum Gasteiger partial charge on any atom is 0.181 e. The summed E-state index contributed by atoms with van der Waals surface area (Å²) in [7, 11) is 0. The first-order valence-corrected chi connectivity index (χ1v) is 9.04. The monoisotopic (exact) mass is 436 g/mol. The Morgan fingerprint density at radius 3 is 2.74 bits per heavy atom. The van der Waals surface area contributed by atoms with Crippen molar-refractivity contribution in [2.75, 3.05) is 11.9 Å². The van der Waals surface area contributed by atoms with Crippen LogP contribution in [0.5, 0.6) is 0 Å². The van der Waals surface area contributed by atoms with Crippen LogP contribution in [0.15, 0.2) is 35.3 Å². The van der Waals surface area contributed by atoms with Crippen molar-refractivity contribution in [3.8, 4) is 0 Å². The van der Waals surface area contributed by atoms with Gasteiger partial charge in [0.2, 0.25) is 0 Å². The molecule has 1 aliphatic heterocycles. The molecule has 11 heteroatoms. The van der Waals surface area contributed by atoms with E-state index in [-0.39, 0.29) is 0 Å². The minimum Gasteiger partial charge on any atom is -0.394 e. The molecule has 1 fully saturated rings. The van der Waals surface area contributed by atoms with Crippen LogP contribution in [0.1, 0.15) is 11.9 Å². The normalized spacial score (nSPS) is 25.2. The third kappa shape index (κ3) is 3.28. The lowest BCUT2D eigenvalue weighted by molar-refractivity contribution is -0.0567. The van der Waals surface area contributed by atoms with E-state index in [0.29, 0.717) is 28.0 Å². The van der Waals surface area contributed by atoms with Gasteiger partial charge in [-0.1, -0.05) is 6.07 Å². The van der Waals surface area contributed by atoms with E-state index in [2.05, 4.69) is 41.3 Å². The molecular weight excluding hydrogens is 420 g/mol. The van der Waals surface area contributed by atoms with Gasteiger partial charge in [0.25, 0.3) is 0 Å². The van der Waals surface area contributed by atoms with Gasteiger partial charge in [0.05, 0.1) is 24.2 Å². The molecule has 1 saturated heterocycles. The lowest BCUT2D eigenvalue weighted by atomic mass is 10.1. The third-order valence-electron chi connectivity index (χ3n) is 4.37. The van der Waals surface area contributed by atoms with Crippen LogP contribution >= 0.6 is 15.9 Å². The average Bonchev–Trinajstić information content (AvgIpc) is 3.18. The summed E-state index contributed by atoms with van der Waals surface area (Å²) in [6.45, 7) is 0.0411. The number of aliphatic hydroxyl groups is 3. The van der Waals surface area contributed by atoms with Gasteiger partial charge in [-0.15, -0.1) is 0 Å². The zero-order valence-electron chi connectivity index (χ0n) is 14.0. The zero-order chi connectivity index (χ0) is 19.0. The topological polar surface area (TPSA) is 138 Å². The summed E-state index contributed by atoms with van der Waals surface area (Å²) < 4.78 is 7.38. The number of ether oxygens (including phenoxy) is 1. The van der Waals surface area contributed by atoms with Crippen LogP contribution in [0.3, 0.4) is 0 Å². The summed E-state index contributed by atoms with van der Waals surface area (Å²) in [6, 6.07) is 5.63. The average molecular weight is 437 g/mol. The molecule has 0 unspecified atom stereocenters. The highest BCUT2D eigenvalue weighted by Crippen LogP contribution is 2.35. The van der Waals surface area contributed by atoms with Crippen LogP contribution in [-0.2, 0) is 11.3 Å². The molecule has 4 rings (SSSR count). The van der Waals surface area contributed by atoms with E-state index in [9.17, 15) is 15.3 Å². The molecule has 4 heterocycles. The Morgan fingerprint density at radius 2 is 2.04 bits per heavy atom. The fourth-order valence-electron chi connectivity index (χ4n) is 3.00. The molecule has 0 aliphatic carbocycles. The van der Waals surface area contributed by atoms with Crippen molar-refractivity contribution in [1.82, 2.24) is 24.7 Å². The van der Waals surface area contributed by atoms with Crippen molar-refractivity contribution in [3.63, 3.8) is 0 Å². The molecule has 0 saturated carbocycles. The van der Waals surface area contributed by atoms with Crippen LogP contribution in [0.25, 0.3) is 11.0 Å². The molecule has 0 radical (unpaired) electrons. The largest absolute Gasteiger partial charge is 0.394 e. The smallest absolute Gasteiger partial charge is 0.181 e. The number of fused-ring (bicyclic) bond motifs is 1. The first-order chi connectivity index (χ1) is 13.1. The van der Waals surface area contributed by atoms with Crippen molar-refractivity contribution >= 4 is 32.8 Å². The van der Waals surface area contributed by atoms with Crippen molar-refractivity contribution in [1.29, 1.82) is 0 Å². The molecule has 142 valence electrons. The van der Waals surface area contributed by atoms with E-state index in [1.165, 1.54) is 11.0 Å². The molecule has 4 N–H and O–H groups in total. The van der Waals surface area contributed by atoms with Gasteiger partial charge < -0.3 is 25.4 Å². The van der Waals surface area contributed by atoms with Crippen LogP contribution in [0.2, 0.25) is 0 Å². The van der Waals surface area contributed by atoms with Crippen molar-refractivity contribution in [2.45, 2.75) is 31.1 Å². The molecule has 1 aliphatic rings. The molecule has 0 amide bonds. The van der Waals surface area contributed by atoms with Crippen LogP contribution < -0.4 is 5.32 Å². The molecule has 27 heavy (non-hydrogen) atoms. The lowest BCUT2D eigenvalue weighted by Crippen LogP contribution is -2.33. The number of aliphatic hydroxyl groups excluding tert-OH is 3. The number of nitrogens with one attached hydrogen (secondary N) is 1. The summed E-state index contributed by atoms with van der Waals surface area (Å²) in [5.41, 5.74) is 1.26.